The molecule has 1 saturated carbocycles. The fraction of sp³-hybridized carbons (Fsp3) is 0.324. The molecular formula is C37H35ClF3N7O9. The Morgan fingerprint density at radius 1 is 1.11 bits per heavy atom. The van der Waals surface area contributed by atoms with Gasteiger partial charge in [-0.1, -0.05) is 24.6 Å². The van der Waals surface area contributed by atoms with E-state index in [1.807, 2.05) is 0 Å². The van der Waals surface area contributed by atoms with Crippen LogP contribution < -0.4 is 5.73 Å². The van der Waals surface area contributed by atoms with Crippen LogP contribution in [0.1, 0.15) is 47.8 Å². The number of hydrogen-bond acceptors (Lipinski definition) is 14. The summed E-state index contributed by atoms with van der Waals surface area (Å²) in [5, 5.41) is 69.6. The molecule has 0 bridgehead atoms. The van der Waals surface area contributed by atoms with E-state index in [9.17, 15) is 58.2 Å². The Balaban J connectivity index is 0.000000199. The molecule has 3 aliphatic rings. The van der Waals surface area contributed by atoms with Crippen molar-refractivity contribution in [1.29, 1.82) is 0 Å². The van der Waals surface area contributed by atoms with E-state index in [2.05, 4.69) is 20.1 Å². The van der Waals surface area contributed by atoms with Crippen molar-refractivity contribution in [2.75, 3.05) is 14.1 Å². The van der Waals surface area contributed by atoms with Gasteiger partial charge in [-0.25, -0.2) is 32.8 Å². The zero-order chi connectivity index (χ0) is 41.9. The van der Waals surface area contributed by atoms with Crippen molar-refractivity contribution in [3.63, 3.8) is 0 Å². The standard InChI is InChI=1S/C21H21ClN2O8.C16H14F3N5O/c1-24(2)14-7-5-6-10(16(27)12-9(25)4-3-8(22)11(12)15(6)26)18(29)21(7,32)19(30)13(17(14)28)20(23)31;1-10(15-14(19)5-20-7-22-15)16(25,6-24-9-21-8-23-24)12-3-2-11(17)4-13(12)18/h3-4,6-7,14-15,25-27,30,32H,5H2,1-2H3,(H2,23,31);2-5,7-10,25H,6H2,1H3/t6-,7-,14-,15-,21-;10-,16+/m00/s1. The zero-order valence-corrected chi connectivity index (χ0v) is 30.9. The Hall–Kier alpha value is -5.73. The van der Waals surface area contributed by atoms with E-state index in [0.29, 0.717) is 6.07 Å². The summed E-state index contributed by atoms with van der Waals surface area (Å²) in [4.78, 5) is 51.0. The molecule has 0 aliphatic heterocycles. The Morgan fingerprint density at radius 2 is 1.81 bits per heavy atom. The third-order valence-electron chi connectivity index (χ3n) is 10.7. The summed E-state index contributed by atoms with van der Waals surface area (Å²) in [6.07, 6.45) is 2.96. The molecule has 2 heterocycles. The molecule has 0 spiro atoms. The maximum Gasteiger partial charge on any atom is 0.255 e. The van der Waals surface area contributed by atoms with Crippen LogP contribution >= 0.6 is 11.6 Å². The monoisotopic (exact) mass is 813 g/mol. The minimum atomic E-state index is -2.77. The van der Waals surface area contributed by atoms with Gasteiger partial charge >= 0.3 is 0 Å². The fourth-order valence-electron chi connectivity index (χ4n) is 7.97. The van der Waals surface area contributed by atoms with Gasteiger partial charge in [0.25, 0.3) is 5.91 Å². The number of aromatic nitrogens is 5. The molecule has 2 aromatic heterocycles. The lowest BCUT2D eigenvalue weighted by molar-refractivity contribution is -0.155. The summed E-state index contributed by atoms with van der Waals surface area (Å²) in [5.74, 6) is -11.7. The van der Waals surface area contributed by atoms with E-state index in [0.717, 1.165) is 24.7 Å². The number of halogens is 4. The van der Waals surface area contributed by atoms with E-state index < -0.39 is 104 Å². The van der Waals surface area contributed by atoms with Crippen LogP contribution in [0, 0.1) is 29.3 Å². The summed E-state index contributed by atoms with van der Waals surface area (Å²) in [6.45, 7) is 1.26. The van der Waals surface area contributed by atoms with Gasteiger partial charge in [-0.2, -0.15) is 5.10 Å². The molecule has 1 fully saturated rings. The van der Waals surface area contributed by atoms with Crippen molar-refractivity contribution in [2.24, 2.45) is 17.6 Å². The number of rotatable bonds is 7. The molecule has 4 aromatic rings. The number of aliphatic hydroxyl groups is 5. The molecule has 16 nitrogen and oxygen atoms in total. The molecule has 0 unspecified atom stereocenters. The number of hydrogen-bond donors (Lipinski definition) is 7. The SMILES string of the molecule is CN(C)[C@@H]1C(=O)C(C(N)=O)=C(O)[C@@]2(O)C(=O)C3=C(O)c4c(O)ccc(Cl)c4[C@@H](O)[C@H]3C[C@@H]12.C[C@@H](c1ncncc1F)[C@](O)(Cn1cncn1)c1ccc(F)cc1F. The lowest BCUT2D eigenvalue weighted by Crippen LogP contribution is -2.66. The first-order chi connectivity index (χ1) is 26.8. The highest BCUT2D eigenvalue weighted by Crippen LogP contribution is 2.56. The number of fused-ring (bicyclic) bond motifs is 3. The number of amides is 1. The second-order valence-corrected chi connectivity index (χ2v) is 14.5. The van der Waals surface area contributed by atoms with Crippen LogP contribution in [-0.2, 0) is 26.5 Å². The lowest BCUT2D eigenvalue weighted by Gasteiger charge is -2.51. The summed E-state index contributed by atoms with van der Waals surface area (Å²) in [6, 6.07) is 4.05. The van der Waals surface area contributed by atoms with Crippen LogP contribution in [0.4, 0.5) is 13.2 Å². The number of carbonyl (C=O) groups excluding carboxylic acids is 3. The topological polar surface area (TPSA) is 258 Å². The van der Waals surface area contributed by atoms with E-state index >= 15 is 0 Å². The second kappa shape index (κ2) is 15.0. The second-order valence-electron chi connectivity index (χ2n) is 14.1. The normalized spacial score (nSPS) is 24.5. The summed E-state index contributed by atoms with van der Waals surface area (Å²) in [5.41, 5.74) is -1.41. The van der Waals surface area contributed by atoms with E-state index in [-0.39, 0.29) is 40.4 Å². The van der Waals surface area contributed by atoms with Crippen LogP contribution in [0.3, 0.4) is 0 Å². The number of phenolic OH excluding ortho intramolecular Hbond substituents is 1. The number of primary amides is 1. The highest BCUT2D eigenvalue weighted by molar-refractivity contribution is 6.32. The number of phenols is 1. The molecule has 1 amide bonds. The van der Waals surface area contributed by atoms with Gasteiger partial charge in [0.1, 0.15) is 59.1 Å². The molecule has 8 N–H and O–H groups in total. The molecule has 7 rings (SSSR count). The number of nitrogens with zero attached hydrogens (tertiary/aromatic N) is 6. The molecule has 0 radical (unpaired) electrons. The third kappa shape index (κ3) is 6.59. The van der Waals surface area contributed by atoms with Crippen molar-refractivity contribution < 1.29 is 58.2 Å². The maximum absolute atomic E-state index is 14.4. The molecule has 2 aromatic carbocycles. The van der Waals surface area contributed by atoms with Gasteiger partial charge < -0.3 is 36.4 Å². The predicted octanol–water partition coefficient (Wildman–Crippen LogP) is 2.29. The smallest absolute Gasteiger partial charge is 0.255 e. The average Bonchev–Trinajstić information content (AvgIpc) is 3.65. The van der Waals surface area contributed by atoms with E-state index in [1.54, 1.807) is 0 Å². The van der Waals surface area contributed by atoms with Crippen molar-refractivity contribution in [1.82, 2.24) is 29.6 Å². The fourth-order valence-corrected chi connectivity index (χ4v) is 8.23. The van der Waals surface area contributed by atoms with Crippen molar-refractivity contribution in [3.05, 3.63) is 117 Å². The minimum Gasteiger partial charge on any atom is -0.508 e. The minimum absolute atomic E-state index is 0.00251. The first kappa shape index (κ1) is 40.9. The molecule has 7 atom stereocenters. The number of ketones is 2. The van der Waals surface area contributed by atoms with Crippen LogP contribution in [-0.4, -0.2) is 103 Å². The first-order valence-corrected chi connectivity index (χ1v) is 17.4. The van der Waals surface area contributed by atoms with Crippen molar-refractivity contribution in [3.8, 4) is 5.75 Å². The van der Waals surface area contributed by atoms with Gasteiger partial charge in [0.15, 0.2) is 17.2 Å². The average molecular weight is 814 g/mol. The highest BCUT2D eigenvalue weighted by atomic mass is 35.5. The molecular weight excluding hydrogens is 779 g/mol. The lowest BCUT2D eigenvalue weighted by atomic mass is 9.57. The van der Waals surface area contributed by atoms with Gasteiger partial charge in [0.05, 0.1) is 36.1 Å². The Bertz CT molecular complexity index is 2360. The third-order valence-corrected chi connectivity index (χ3v) is 11.1. The van der Waals surface area contributed by atoms with E-state index in [1.165, 1.54) is 55.4 Å². The molecule has 300 valence electrons. The van der Waals surface area contributed by atoms with Gasteiger partial charge in [-0.3, -0.25) is 19.3 Å². The number of aromatic hydroxyl groups is 1. The van der Waals surface area contributed by atoms with E-state index in [4.69, 9.17) is 17.3 Å². The van der Waals surface area contributed by atoms with Crippen LogP contribution in [0.15, 0.2) is 72.4 Å². The quantitative estimate of drug-likeness (QED) is 0.132. The number of aliphatic hydroxyl groups excluding tert-OH is 3. The maximum atomic E-state index is 14.4. The number of carbonyl (C=O) groups is 3. The van der Waals surface area contributed by atoms with Gasteiger partial charge in [-0.15, -0.1) is 0 Å². The summed E-state index contributed by atoms with van der Waals surface area (Å²) >= 11 is 6.19. The first-order valence-electron chi connectivity index (χ1n) is 17.1. The Kier molecular flexibility index (Phi) is 10.8. The van der Waals surface area contributed by atoms with Gasteiger partial charge in [0, 0.05) is 45.5 Å². The van der Waals surface area contributed by atoms with Gasteiger partial charge in [0.2, 0.25) is 5.78 Å². The van der Waals surface area contributed by atoms with Crippen molar-refractivity contribution in [2.45, 2.75) is 49.2 Å². The molecule has 57 heavy (non-hydrogen) atoms. The number of nitrogens with two attached hydrogens (primary N) is 1. The molecule has 3 aliphatic carbocycles. The number of benzene rings is 2. The largest absolute Gasteiger partial charge is 0.508 e. The predicted molar refractivity (Wildman–Crippen MR) is 191 cm³/mol. The number of Topliss-reactive ketones (excluding diaryl/α,β-unsaturated/α-hetero) is 2. The summed E-state index contributed by atoms with van der Waals surface area (Å²) in [7, 11) is 2.97. The molecule has 20 heteroatoms. The van der Waals surface area contributed by atoms with Crippen LogP contribution in [0.2, 0.25) is 5.02 Å². The zero-order valence-electron chi connectivity index (χ0n) is 30.2. The summed E-state index contributed by atoms with van der Waals surface area (Å²) < 4.78 is 43.0. The Morgan fingerprint density at radius 3 is 2.40 bits per heavy atom. The van der Waals surface area contributed by atoms with Crippen molar-refractivity contribution >= 4 is 34.8 Å². The van der Waals surface area contributed by atoms with Crippen LogP contribution in [0.25, 0.3) is 5.76 Å². The number of likely N-dealkylation sites (N-methyl/N-ethyl adjacent to an activating group) is 1. The highest BCUT2D eigenvalue weighted by Gasteiger charge is 2.65. The Labute approximate surface area is 326 Å². The van der Waals surface area contributed by atoms with Crippen LogP contribution in [0.5, 0.6) is 5.75 Å². The molecule has 0 saturated heterocycles. The van der Waals surface area contributed by atoms with Gasteiger partial charge in [-0.05, 0) is 38.7 Å².